The summed E-state index contributed by atoms with van der Waals surface area (Å²) >= 11 is 0. The normalized spacial score (nSPS) is 9.70. The highest BCUT2D eigenvalue weighted by atomic mass is 16.5. The molecule has 0 radical (unpaired) electrons. The second kappa shape index (κ2) is 7.13. The summed E-state index contributed by atoms with van der Waals surface area (Å²) in [6, 6.07) is 6.27. The van der Waals surface area contributed by atoms with Gasteiger partial charge in [0.2, 0.25) is 11.8 Å². The second-order valence-electron chi connectivity index (χ2n) is 4.13. The topological polar surface area (TPSA) is 95.9 Å². The molecule has 0 aromatic heterocycles. The molecule has 108 valence electrons. The van der Waals surface area contributed by atoms with E-state index in [0.29, 0.717) is 11.4 Å². The molecule has 0 unspecified atom stereocenters. The highest BCUT2D eigenvalue weighted by Crippen LogP contribution is 2.15. The van der Waals surface area contributed by atoms with Crippen LogP contribution in [0.15, 0.2) is 24.3 Å². The summed E-state index contributed by atoms with van der Waals surface area (Å²) in [6.07, 6.45) is 0. The number of nitrogens with one attached hydrogen (secondary N) is 1. The van der Waals surface area contributed by atoms with Gasteiger partial charge in [0, 0.05) is 19.7 Å². The highest BCUT2D eigenvalue weighted by Gasteiger charge is 2.09. The predicted molar refractivity (Wildman–Crippen MR) is 71.5 cm³/mol. The monoisotopic (exact) mass is 280 g/mol. The summed E-state index contributed by atoms with van der Waals surface area (Å²) in [5.41, 5.74) is 0.537. The van der Waals surface area contributed by atoms with Crippen LogP contribution in [0, 0.1) is 0 Å². The maximum atomic E-state index is 11.6. The van der Waals surface area contributed by atoms with Gasteiger partial charge in [-0.15, -0.1) is 0 Å². The molecule has 0 atom stereocenters. The minimum absolute atomic E-state index is 0.0351. The molecule has 20 heavy (non-hydrogen) atoms. The Kier molecular flexibility index (Phi) is 5.52. The van der Waals surface area contributed by atoms with Crippen molar-refractivity contribution in [2.45, 2.75) is 6.92 Å². The molecule has 0 aliphatic rings. The molecule has 0 spiro atoms. The van der Waals surface area contributed by atoms with Crippen LogP contribution in [0.5, 0.6) is 5.75 Å². The van der Waals surface area contributed by atoms with Gasteiger partial charge in [-0.05, 0) is 24.3 Å². The number of carboxylic acids is 1. The van der Waals surface area contributed by atoms with Gasteiger partial charge in [-0.1, -0.05) is 0 Å². The first-order valence-electron chi connectivity index (χ1n) is 5.84. The molecule has 2 amide bonds. The van der Waals surface area contributed by atoms with Crippen LogP contribution >= 0.6 is 0 Å². The van der Waals surface area contributed by atoms with Gasteiger partial charge in [0.15, 0.2) is 6.61 Å². The fourth-order valence-electron chi connectivity index (χ4n) is 1.31. The quantitative estimate of drug-likeness (QED) is 0.794. The fourth-order valence-corrected chi connectivity index (χ4v) is 1.31. The smallest absolute Gasteiger partial charge is 0.341 e. The van der Waals surface area contributed by atoms with Crippen molar-refractivity contribution in [3.05, 3.63) is 24.3 Å². The van der Waals surface area contributed by atoms with E-state index in [0.717, 1.165) is 0 Å². The number of carboxylic acid groups (broad SMARTS) is 1. The molecule has 0 bridgehead atoms. The van der Waals surface area contributed by atoms with E-state index in [1.807, 2.05) is 0 Å². The first-order chi connectivity index (χ1) is 9.38. The van der Waals surface area contributed by atoms with E-state index < -0.39 is 12.6 Å². The van der Waals surface area contributed by atoms with Crippen molar-refractivity contribution in [3.63, 3.8) is 0 Å². The van der Waals surface area contributed by atoms with Crippen LogP contribution in [-0.2, 0) is 14.4 Å². The van der Waals surface area contributed by atoms with Gasteiger partial charge >= 0.3 is 5.97 Å². The van der Waals surface area contributed by atoms with Gasteiger partial charge in [-0.2, -0.15) is 0 Å². The summed E-state index contributed by atoms with van der Waals surface area (Å²) in [7, 11) is 1.53. The third-order valence-corrected chi connectivity index (χ3v) is 2.42. The number of rotatable bonds is 6. The number of hydrogen-bond donors (Lipinski definition) is 2. The van der Waals surface area contributed by atoms with E-state index in [-0.39, 0.29) is 18.4 Å². The molecule has 0 aliphatic heterocycles. The molecule has 0 saturated heterocycles. The molecule has 2 N–H and O–H groups in total. The van der Waals surface area contributed by atoms with Crippen molar-refractivity contribution in [2.24, 2.45) is 0 Å². The number of ether oxygens (including phenoxy) is 1. The number of anilines is 1. The molecular formula is C13H16N2O5. The summed E-state index contributed by atoms with van der Waals surface area (Å²) < 4.78 is 4.96. The average Bonchev–Trinajstić information content (AvgIpc) is 2.37. The number of aliphatic carboxylic acids is 1. The largest absolute Gasteiger partial charge is 0.482 e. The lowest BCUT2D eigenvalue weighted by molar-refractivity contribution is -0.139. The molecule has 0 aliphatic carbocycles. The molecule has 7 nitrogen and oxygen atoms in total. The number of carbonyl (C=O) groups is 3. The standard InChI is InChI=1S/C13H16N2O5/c1-9(16)15(2)7-12(17)14-10-3-5-11(6-4-10)20-8-13(18)19/h3-6H,7-8H2,1-2H3,(H,14,17)(H,18,19). The number of hydrogen-bond acceptors (Lipinski definition) is 4. The van der Waals surface area contributed by atoms with E-state index in [1.165, 1.54) is 18.9 Å². The van der Waals surface area contributed by atoms with Crippen LogP contribution < -0.4 is 10.1 Å². The van der Waals surface area contributed by atoms with Crippen molar-refractivity contribution >= 4 is 23.5 Å². The number of carbonyl (C=O) groups excluding carboxylic acids is 2. The summed E-state index contributed by atoms with van der Waals surface area (Å²) in [6.45, 7) is 0.920. The Morgan fingerprint density at radius 3 is 2.35 bits per heavy atom. The van der Waals surface area contributed by atoms with Crippen LogP contribution in [0.4, 0.5) is 5.69 Å². The maximum absolute atomic E-state index is 11.6. The van der Waals surface area contributed by atoms with E-state index in [1.54, 1.807) is 24.3 Å². The molecule has 1 aromatic rings. The SMILES string of the molecule is CC(=O)N(C)CC(=O)Nc1ccc(OCC(=O)O)cc1. The fraction of sp³-hybridized carbons (Fsp3) is 0.308. The lowest BCUT2D eigenvalue weighted by Crippen LogP contribution is -2.33. The average molecular weight is 280 g/mol. The first-order valence-corrected chi connectivity index (χ1v) is 5.84. The summed E-state index contributed by atoms with van der Waals surface area (Å²) in [5.74, 6) is -1.18. The van der Waals surface area contributed by atoms with Crippen LogP contribution in [0.2, 0.25) is 0 Å². The van der Waals surface area contributed by atoms with Crippen LogP contribution in [0.25, 0.3) is 0 Å². The summed E-state index contributed by atoms with van der Waals surface area (Å²) in [5, 5.41) is 11.1. The van der Waals surface area contributed by atoms with E-state index >= 15 is 0 Å². The molecule has 0 heterocycles. The minimum Gasteiger partial charge on any atom is -0.482 e. The number of benzene rings is 1. The number of nitrogens with zero attached hydrogens (tertiary/aromatic N) is 1. The lowest BCUT2D eigenvalue weighted by Gasteiger charge is -2.14. The van der Waals surface area contributed by atoms with Gasteiger partial charge in [0.05, 0.1) is 6.54 Å². The van der Waals surface area contributed by atoms with Crippen LogP contribution in [-0.4, -0.2) is 48.0 Å². The van der Waals surface area contributed by atoms with Crippen molar-refractivity contribution in [3.8, 4) is 5.75 Å². The summed E-state index contributed by atoms with van der Waals surface area (Å²) in [4.78, 5) is 34.2. The van der Waals surface area contributed by atoms with Crippen LogP contribution in [0.1, 0.15) is 6.92 Å². The van der Waals surface area contributed by atoms with Crippen molar-refractivity contribution in [1.29, 1.82) is 0 Å². The predicted octanol–water partition coefficient (Wildman–Crippen LogP) is 0.567. The zero-order chi connectivity index (χ0) is 15.1. The Bertz CT molecular complexity index is 498. The molecule has 0 fully saturated rings. The van der Waals surface area contributed by atoms with Gasteiger partial charge < -0.3 is 20.1 Å². The molecule has 7 heteroatoms. The van der Waals surface area contributed by atoms with Gasteiger partial charge in [-0.3, -0.25) is 9.59 Å². The molecular weight excluding hydrogens is 264 g/mol. The minimum atomic E-state index is -1.06. The van der Waals surface area contributed by atoms with Crippen molar-refractivity contribution < 1.29 is 24.2 Å². The Hall–Kier alpha value is -2.57. The van der Waals surface area contributed by atoms with Gasteiger partial charge in [0.1, 0.15) is 5.75 Å². The lowest BCUT2D eigenvalue weighted by atomic mass is 10.3. The molecule has 1 rings (SSSR count). The zero-order valence-electron chi connectivity index (χ0n) is 11.3. The Balaban J connectivity index is 2.50. The van der Waals surface area contributed by atoms with E-state index in [4.69, 9.17) is 9.84 Å². The Morgan fingerprint density at radius 2 is 1.85 bits per heavy atom. The third kappa shape index (κ3) is 5.38. The van der Waals surface area contributed by atoms with Crippen molar-refractivity contribution in [1.82, 2.24) is 4.90 Å². The Morgan fingerprint density at radius 1 is 1.25 bits per heavy atom. The molecule has 1 aromatic carbocycles. The van der Waals surface area contributed by atoms with Gasteiger partial charge in [0.25, 0.3) is 0 Å². The van der Waals surface area contributed by atoms with Gasteiger partial charge in [-0.25, -0.2) is 4.79 Å². The number of likely N-dealkylation sites (N-methyl/N-ethyl adjacent to an activating group) is 1. The van der Waals surface area contributed by atoms with E-state index in [2.05, 4.69) is 5.32 Å². The highest BCUT2D eigenvalue weighted by molar-refractivity contribution is 5.94. The maximum Gasteiger partial charge on any atom is 0.341 e. The second-order valence-corrected chi connectivity index (χ2v) is 4.13. The number of amides is 2. The van der Waals surface area contributed by atoms with Crippen LogP contribution in [0.3, 0.4) is 0 Å². The third-order valence-electron chi connectivity index (χ3n) is 2.42. The first kappa shape index (κ1) is 15.5. The van der Waals surface area contributed by atoms with Crippen molar-refractivity contribution in [2.75, 3.05) is 25.5 Å². The van der Waals surface area contributed by atoms with E-state index in [9.17, 15) is 14.4 Å². The molecule has 0 saturated carbocycles. The zero-order valence-corrected chi connectivity index (χ0v) is 11.3. The Labute approximate surface area is 116 Å².